The number of esters is 1. The second-order valence-corrected chi connectivity index (χ2v) is 5.35. The van der Waals surface area contributed by atoms with Crippen molar-refractivity contribution in [2.45, 2.75) is 31.4 Å². The Morgan fingerprint density at radius 3 is 2.12 bits per heavy atom. The van der Waals surface area contributed by atoms with E-state index in [2.05, 4.69) is 8.92 Å². The van der Waals surface area contributed by atoms with E-state index >= 15 is 0 Å². The minimum Gasteiger partial charge on any atom is -0.469 e. The van der Waals surface area contributed by atoms with Crippen LogP contribution < -0.4 is 0 Å². The molecule has 5 nitrogen and oxygen atoms in total. The van der Waals surface area contributed by atoms with Crippen molar-refractivity contribution in [2.75, 3.05) is 7.11 Å². The van der Waals surface area contributed by atoms with Crippen LogP contribution in [0.4, 0.5) is 13.2 Å². The molecular formula is C8H11F3O5S. The largest absolute Gasteiger partial charge is 0.523 e. The Bertz CT molecular complexity index is 409. The topological polar surface area (TPSA) is 69.7 Å². The van der Waals surface area contributed by atoms with Crippen LogP contribution in [0.2, 0.25) is 0 Å². The fourth-order valence-electron chi connectivity index (χ4n) is 1.45. The SMILES string of the molecule is COC(=O)C1(C(C)OS(=O)(=O)C(F)(F)F)CC1. The minimum atomic E-state index is -5.69. The number of hydrogen-bond donors (Lipinski definition) is 0. The predicted molar refractivity (Wildman–Crippen MR) is 49.2 cm³/mol. The first-order valence-electron chi connectivity index (χ1n) is 4.65. The smallest absolute Gasteiger partial charge is 0.469 e. The van der Waals surface area contributed by atoms with Crippen molar-refractivity contribution in [1.29, 1.82) is 0 Å². The summed E-state index contributed by atoms with van der Waals surface area (Å²) in [6.07, 6.45) is -0.913. The third-order valence-corrected chi connectivity index (χ3v) is 3.82. The van der Waals surface area contributed by atoms with Gasteiger partial charge in [0.2, 0.25) is 0 Å². The quantitative estimate of drug-likeness (QED) is 0.438. The van der Waals surface area contributed by atoms with Crippen LogP contribution in [-0.4, -0.2) is 33.1 Å². The molecule has 0 N–H and O–H groups in total. The molecule has 0 radical (unpaired) electrons. The molecule has 0 aromatic carbocycles. The van der Waals surface area contributed by atoms with E-state index < -0.39 is 33.1 Å². The van der Waals surface area contributed by atoms with E-state index in [0.717, 1.165) is 14.0 Å². The summed E-state index contributed by atoms with van der Waals surface area (Å²) in [6.45, 7) is 1.10. The average Bonchev–Trinajstić information content (AvgIpc) is 2.94. The van der Waals surface area contributed by atoms with E-state index in [9.17, 15) is 26.4 Å². The van der Waals surface area contributed by atoms with Crippen LogP contribution in [0.1, 0.15) is 19.8 Å². The highest BCUT2D eigenvalue weighted by molar-refractivity contribution is 7.87. The second-order valence-electron chi connectivity index (χ2n) is 3.79. The van der Waals surface area contributed by atoms with Crippen LogP contribution in [0, 0.1) is 5.41 Å². The molecule has 1 fully saturated rings. The van der Waals surface area contributed by atoms with Gasteiger partial charge in [-0.05, 0) is 19.8 Å². The molecular weight excluding hydrogens is 265 g/mol. The van der Waals surface area contributed by atoms with Crippen LogP contribution in [-0.2, 0) is 23.8 Å². The lowest BCUT2D eigenvalue weighted by Crippen LogP contribution is -2.37. The molecule has 1 aliphatic carbocycles. The molecule has 0 heterocycles. The molecule has 0 amide bonds. The third kappa shape index (κ3) is 2.54. The molecule has 1 aliphatic rings. The molecule has 17 heavy (non-hydrogen) atoms. The Labute approximate surface area is 96.0 Å². The number of halogens is 3. The van der Waals surface area contributed by atoms with Crippen molar-refractivity contribution in [3.63, 3.8) is 0 Å². The van der Waals surface area contributed by atoms with Crippen LogP contribution >= 0.6 is 0 Å². The average molecular weight is 276 g/mol. The Morgan fingerprint density at radius 1 is 1.35 bits per heavy atom. The lowest BCUT2D eigenvalue weighted by molar-refractivity contribution is -0.151. The molecule has 0 spiro atoms. The molecule has 1 unspecified atom stereocenters. The van der Waals surface area contributed by atoms with E-state index in [1.54, 1.807) is 0 Å². The summed E-state index contributed by atoms with van der Waals surface area (Å²) < 4.78 is 66.1. The maximum atomic E-state index is 12.1. The number of carbonyl (C=O) groups excluding carboxylic acids is 1. The van der Waals surface area contributed by atoms with Gasteiger partial charge in [0.25, 0.3) is 0 Å². The summed E-state index contributed by atoms with van der Waals surface area (Å²) in [5.74, 6) is -0.762. The predicted octanol–water partition coefficient (Wildman–Crippen LogP) is 1.19. The lowest BCUT2D eigenvalue weighted by atomic mass is 10.0. The van der Waals surface area contributed by atoms with E-state index in [1.165, 1.54) is 0 Å². The van der Waals surface area contributed by atoms with Crippen molar-refractivity contribution in [3.8, 4) is 0 Å². The van der Waals surface area contributed by atoms with Gasteiger partial charge < -0.3 is 4.74 Å². The molecule has 0 saturated heterocycles. The zero-order valence-electron chi connectivity index (χ0n) is 9.07. The standard InChI is InChI=1S/C8H11F3O5S/c1-5(7(3-4-7)6(12)15-2)16-17(13,14)8(9,10)11/h5H,3-4H2,1-2H3. The zero-order chi connectivity index (χ0) is 13.5. The van der Waals surface area contributed by atoms with Crippen molar-refractivity contribution in [2.24, 2.45) is 5.41 Å². The summed E-state index contributed by atoms with van der Waals surface area (Å²) in [7, 11) is -4.61. The first-order valence-corrected chi connectivity index (χ1v) is 6.05. The van der Waals surface area contributed by atoms with E-state index in [-0.39, 0.29) is 12.8 Å². The van der Waals surface area contributed by atoms with Crippen LogP contribution in [0.3, 0.4) is 0 Å². The van der Waals surface area contributed by atoms with Gasteiger partial charge in [-0.25, -0.2) is 0 Å². The van der Waals surface area contributed by atoms with Crippen molar-refractivity contribution in [1.82, 2.24) is 0 Å². The third-order valence-electron chi connectivity index (χ3n) is 2.71. The normalized spacial score (nSPS) is 20.8. The van der Waals surface area contributed by atoms with Gasteiger partial charge in [-0.1, -0.05) is 0 Å². The second kappa shape index (κ2) is 4.13. The van der Waals surface area contributed by atoms with Gasteiger partial charge in [-0.2, -0.15) is 21.6 Å². The first kappa shape index (κ1) is 14.2. The summed E-state index contributed by atoms with van der Waals surface area (Å²) >= 11 is 0. The number of hydrogen-bond acceptors (Lipinski definition) is 5. The Balaban J connectivity index is 2.81. The Morgan fingerprint density at radius 2 is 1.82 bits per heavy atom. The van der Waals surface area contributed by atoms with Gasteiger partial charge in [-0.15, -0.1) is 0 Å². The molecule has 0 aromatic heterocycles. The number of carbonyl (C=O) groups is 1. The first-order chi connectivity index (χ1) is 7.57. The van der Waals surface area contributed by atoms with Gasteiger partial charge in [0, 0.05) is 0 Å². The zero-order valence-corrected chi connectivity index (χ0v) is 9.89. The highest BCUT2D eigenvalue weighted by Crippen LogP contribution is 2.51. The Hall–Kier alpha value is -0.830. The van der Waals surface area contributed by atoms with E-state index in [0.29, 0.717) is 0 Å². The fourth-order valence-corrected chi connectivity index (χ4v) is 2.12. The molecule has 9 heteroatoms. The van der Waals surface area contributed by atoms with Gasteiger partial charge >= 0.3 is 21.6 Å². The van der Waals surface area contributed by atoms with Gasteiger partial charge in [0.15, 0.2) is 0 Å². The van der Waals surface area contributed by atoms with Crippen LogP contribution in [0.15, 0.2) is 0 Å². The molecule has 1 saturated carbocycles. The summed E-state index contributed by atoms with van der Waals surface area (Å²) in [5, 5.41) is 0. The highest BCUT2D eigenvalue weighted by atomic mass is 32.2. The molecule has 1 atom stereocenters. The number of methoxy groups -OCH3 is 1. The number of alkyl halides is 3. The van der Waals surface area contributed by atoms with Gasteiger partial charge in [0.05, 0.1) is 18.6 Å². The Kier molecular flexibility index (Phi) is 3.45. The van der Waals surface area contributed by atoms with Gasteiger partial charge in [0.1, 0.15) is 0 Å². The molecule has 100 valence electrons. The summed E-state index contributed by atoms with van der Waals surface area (Å²) in [4.78, 5) is 11.3. The summed E-state index contributed by atoms with van der Waals surface area (Å²) in [6, 6.07) is 0. The lowest BCUT2D eigenvalue weighted by Gasteiger charge is -2.21. The minimum absolute atomic E-state index is 0.244. The van der Waals surface area contributed by atoms with E-state index in [4.69, 9.17) is 0 Å². The number of rotatable bonds is 4. The molecule has 0 aromatic rings. The fraction of sp³-hybridized carbons (Fsp3) is 0.875. The van der Waals surface area contributed by atoms with Gasteiger partial charge in [-0.3, -0.25) is 8.98 Å². The van der Waals surface area contributed by atoms with Crippen LogP contribution in [0.5, 0.6) is 0 Å². The molecule has 0 aliphatic heterocycles. The van der Waals surface area contributed by atoms with Crippen LogP contribution in [0.25, 0.3) is 0 Å². The van der Waals surface area contributed by atoms with Crippen molar-refractivity contribution in [3.05, 3.63) is 0 Å². The molecule has 0 bridgehead atoms. The van der Waals surface area contributed by atoms with Crippen molar-refractivity contribution >= 4 is 16.1 Å². The van der Waals surface area contributed by atoms with Crippen molar-refractivity contribution < 1.29 is 35.3 Å². The molecule has 1 rings (SSSR count). The monoisotopic (exact) mass is 276 g/mol. The maximum Gasteiger partial charge on any atom is 0.523 e. The van der Waals surface area contributed by atoms with E-state index in [1.807, 2.05) is 0 Å². The highest BCUT2D eigenvalue weighted by Gasteiger charge is 2.59. The number of ether oxygens (including phenoxy) is 1. The maximum absolute atomic E-state index is 12.1. The summed E-state index contributed by atoms with van der Waals surface area (Å²) in [5.41, 5.74) is -6.76.